The molecule has 25 heavy (non-hydrogen) atoms. The number of carbonyl (C=O) groups is 3. The van der Waals surface area contributed by atoms with Crippen molar-refractivity contribution in [1.29, 1.82) is 0 Å². The van der Waals surface area contributed by atoms with Crippen LogP contribution < -0.4 is 0 Å². The largest absolute Gasteiger partial charge is 0.382 e. The van der Waals surface area contributed by atoms with Gasteiger partial charge in [-0.15, -0.1) is 0 Å². The second-order valence-electron chi connectivity index (χ2n) is 6.95. The fourth-order valence-corrected chi connectivity index (χ4v) is 3.62. The monoisotopic (exact) mass is 351 g/mol. The molecule has 1 aliphatic heterocycles. The lowest BCUT2D eigenvalue weighted by molar-refractivity contribution is -0.137. The summed E-state index contributed by atoms with van der Waals surface area (Å²) in [7, 11) is 1.62. The van der Waals surface area contributed by atoms with E-state index in [-0.39, 0.29) is 17.6 Å². The third-order valence-electron chi connectivity index (χ3n) is 5.02. The van der Waals surface area contributed by atoms with Gasteiger partial charge in [-0.05, 0) is 31.1 Å². The Kier molecular flexibility index (Phi) is 8.28. The van der Waals surface area contributed by atoms with Crippen molar-refractivity contribution in [3.63, 3.8) is 0 Å². The van der Waals surface area contributed by atoms with E-state index in [0.29, 0.717) is 51.0 Å². The van der Waals surface area contributed by atoms with Gasteiger partial charge in [0.2, 0.25) is 0 Å². The van der Waals surface area contributed by atoms with Gasteiger partial charge in [0.25, 0.3) is 11.8 Å². The summed E-state index contributed by atoms with van der Waals surface area (Å²) in [5.41, 5.74) is 0. The van der Waals surface area contributed by atoms with Crippen LogP contribution in [0.1, 0.15) is 44.9 Å². The fourth-order valence-electron chi connectivity index (χ4n) is 3.62. The molecule has 0 bridgehead atoms. The minimum atomic E-state index is -0.198. The zero-order chi connectivity index (χ0) is 18.1. The van der Waals surface area contributed by atoms with Gasteiger partial charge in [-0.2, -0.15) is 0 Å². The number of amides is 2. The van der Waals surface area contributed by atoms with Gasteiger partial charge in [-0.1, -0.05) is 12.8 Å². The number of ether oxygens (including phenoxy) is 2. The molecule has 2 aliphatic rings. The Hall–Kier alpha value is -1.53. The molecule has 1 fully saturated rings. The molecule has 0 aromatic rings. The summed E-state index contributed by atoms with van der Waals surface area (Å²) in [6, 6.07) is 0. The zero-order valence-electron chi connectivity index (χ0n) is 15.1. The lowest BCUT2D eigenvalue weighted by Crippen LogP contribution is -2.36. The maximum absolute atomic E-state index is 11.9. The van der Waals surface area contributed by atoms with Crippen LogP contribution in [0.15, 0.2) is 12.2 Å². The van der Waals surface area contributed by atoms with Crippen LogP contribution in [0.3, 0.4) is 0 Å². The molecule has 0 radical (unpaired) electrons. The quantitative estimate of drug-likeness (QED) is 0.421. The van der Waals surface area contributed by atoms with Crippen molar-refractivity contribution in [3.05, 3.63) is 12.2 Å². The molecule has 0 N–H and O–H groups in total. The number of carbonyl (C=O) groups excluding carboxylic acids is 3. The van der Waals surface area contributed by atoms with Crippen molar-refractivity contribution < 1.29 is 23.9 Å². The zero-order valence-corrected chi connectivity index (χ0v) is 15.1. The molecule has 1 aliphatic carbocycles. The molecule has 0 saturated heterocycles. The standard InChI is InChI=1S/C19H29NO5/c1-24-11-12-25-10-9-17(21)6-5-15-3-2-4-16(13-15)14-20-18(22)7-8-19(20)23/h7-8,15-16H,2-6,9-14H2,1H3. The SMILES string of the molecule is COCCOCCC(=O)CCC1CCCC(CN2C(=O)C=CC2=O)C1. The Morgan fingerprint density at radius 2 is 1.80 bits per heavy atom. The predicted molar refractivity (Wildman–Crippen MR) is 92.9 cm³/mol. The van der Waals surface area contributed by atoms with Gasteiger partial charge in [0.15, 0.2) is 0 Å². The molecule has 2 rings (SSSR count). The molecule has 140 valence electrons. The van der Waals surface area contributed by atoms with Gasteiger partial charge < -0.3 is 9.47 Å². The first-order valence-corrected chi connectivity index (χ1v) is 9.22. The molecule has 2 amide bonds. The summed E-state index contributed by atoms with van der Waals surface area (Å²) in [6.07, 6.45) is 8.92. The van der Waals surface area contributed by atoms with Gasteiger partial charge >= 0.3 is 0 Å². The van der Waals surface area contributed by atoms with Gasteiger partial charge in [0, 0.05) is 38.6 Å². The lowest BCUT2D eigenvalue weighted by Gasteiger charge is -2.31. The Morgan fingerprint density at radius 1 is 1.08 bits per heavy atom. The normalized spacial score (nSPS) is 23.5. The van der Waals surface area contributed by atoms with Gasteiger partial charge in [-0.3, -0.25) is 19.3 Å². The molecule has 0 spiro atoms. The van der Waals surface area contributed by atoms with Crippen LogP contribution in [-0.2, 0) is 23.9 Å². The number of rotatable bonds is 11. The lowest BCUT2D eigenvalue weighted by atomic mass is 9.78. The van der Waals surface area contributed by atoms with E-state index in [0.717, 1.165) is 32.1 Å². The van der Waals surface area contributed by atoms with Crippen LogP contribution in [0, 0.1) is 11.8 Å². The van der Waals surface area contributed by atoms with E-state index in [1.54, 1.807) is 7.11 Å². The molecule has 6 nitrogen and oxygen atoms in total. The van der Waals surface area contributed by atoms with Crippen LogP contribution in [0.25, 0.3) is 0 Å². The van der Waals surface area contributed by atoms with Crippen LogP contribution in [-0.4, -0.2) is 56.0 Å². The second kappa shape index (κ2) is 10.5. The molecule has 0 aromatic heterocycles. The average Bonchev–Trinajstić information content (AvgIpc) is 2.92. The molecule has 1 saturated carbocycles. The number of nitrogens with zero attached hydrogens (tertiary/aromatic N) is 1. The Bertz CT molecular complexity index is 484. The van der Waals surface area contributed by atoms with E-state index >= 15 is 0 Å². The van der Waals surface area contributed by atoms with Gasteiger partial charge in [-0.25, -0.2) is 0 Å². The van der Waals surface area contributed by atoms with Crippen molar-refractivity contribution in [2.45, 2.75) is 44.9 Å². The van der Waals surface area contributed by atoms with E-state index in [4.69, 9.17) is 9.47 Å². The first-order chi connectivity index (χ1) is 12.1. The minimum absolute atomic E-state index is 0.198. The number of methoxy groups -OCH3 is 1. The van der Waals surface area contributed by atoms with E-state index in [1.807, 2.05) is 0 Å². The Morgan fingerprint density at radius 3 is 2.52 bits per heavy atom. The first kappa shape index (κ1) is 19.8. The van der Waals surface area contributed by atoms with E-state index < -0.39 is 0 Å². The molecule has 2 atom stereocenters. The smallest absolute Gasteiger partial charge is 0.253 e. The van der Waals surface area contributed by atoms with Crippen LogP contribution in [0.2, 0.25) is 0 Å². The number of ketones is 1. The number of Topliss-reactive ketones (excluding diaryl/α,β-unsaturated/α-hetero) is 1. The third-order valence-corrected chi connectivity index (χ3v) is 5.02. The summed E-state index contributed by atoms with van der Waals surface area (Å²) in [6.45, 7) is 2.05. The maximum Gasteiger partial charge on any atom is 0.253 e. The highest BCUT2D eigenvalue weighted by molar-refractivity contribution is 6.12. The van der Waals surface area contributed by atoms with E-state index in [1.165, 1.54) is 17.1 Å². The summed E-state index contributed by atoms with van der Waals surface area (Å²) < 4.78 is 10.2. The fraction of sp³-hybridized carbons (Fsp3) is 0.737. The maximum atomic E-state index is 11.9. The van der Waals surface area contributed by atoms with Crippen molar-refractivity contribution in [2.75, 3.05) is 33.5 Å². The summed E-state index contributed by atoms with van der Waals surface area (Å²) in [4.78, 5) is 36.6. The molecule has 2 unspecified atom stereocenters. The number of hydrogen-bond acceptors (Lipinski definition) is 5. The second-order valence-corrected chi connectivity index (χ2v) is 6.95. The number of hydrogen-bond donors (Lipinski definition) is 0. The Labute approximate surface area is 149 Å². The molecule has 1 heterocycles. The van der Waals surface area contributed by atoms with Gasteiger partial charge in [0.1, 0.15) is 5.78 Å². The topological polar surface area (TPSA) is 72.9 Å². The van der Waals surface area contributed by atoms with E-state index in [9.17, 15) is 14.4 Å². The molecular weight excluding hydrogens is 322 g/mol. The first-order valence-electron chi connectivity index (χ1n) is 9.22. The van der Waals surface area contributed by atoms with Crippen molar-refractivity contribution in [1.82, 2.24) is 4.90 Å². The summed E-state index contributed by atoms with van der Waals surface area (Å²) in [5.74, 6) is 0.720. The van der Waals surface area contributed by atoms with Gasteiger partial charge in [0.05, 0.1) is 19.8 Å². The molecular formula is C19H29NO5. The van der Waals surface area contributed by atoms with E-state index in [2.05, 4.69) is 0 Å². The third kappa shape index (κ3) is 6.71. The van der Waals surface area contributed by atoms with Crippen LogP contribution in [0.5, 0.6) is 0 Å². The molecule has 0 aromatic carbocycles. The predicted octanol–water partition coefficient (Wildman–Crippen LogP) is 2.12. The highest BCUT2D eigenvalue weighted by Gasteiger charge is 2.29. The van der Waals surface area contributed by atoms with Crippen molar-refractivity contribution >= 4 is 17.6 Å². The highest BCUT2D eigenvalue weighted by atomic mass is 16.5. The minimum Gasteiger partial charge on any atom is -0.382 e. The van der Waals surface area contributed by atoms with Crippen LogP contribution >= 0.6 is 0 Å². The van der Waals surface area contributed by atoms with Crippen molar-refractivity contribution in [2.24, 2.45) is 11.8 Å². The summed E-state index contributed by atoms with van der Waals surface area (Å²) in [5, 5.41) is 0. The molecule has 6 heteroatoms. The number of imide groups is 1. The Balaban J connectivity index is 1.63. The van der Waals surface area contributed by atoms with Crippen molar-refractivity contribution in [3.8, 4) is 0 Å². The van der Waals surface area contributed by atoms with Crippen LogP contribution in [0.4, 0.5) is 0 Å². The average molecular weight is 351 g/mol. The highest BCUT2D eigenvalue weighted by Crippen LogP contribution is 2.33. The summed E-state index contributed by atoms with van der Waals surface area (Å²) >= 11 is 0.